The Morgan fingerprint density at radius 1 is 1.37 bits per heavy atom. The van der Waals surface area contributed by atoms with E-state index >= 15 is 0 Å². The summed E-state index contributed by atoms with van der Waals surface area (Å²) in [7, 11) is 0. The van der Waals surface area contributed by atoms with Crippen LogP contribution in [0.15, 0.2) is 17.3 Å². The molecule has 0 spiro atoms. The highest BCUT2D eigenvalue weighted by Crippen LogP contribution is 2.63. The van der Waals surface area contributed by atoms with E-state index in [1.165, 1.54) is 17.7 Å². The van der Waals surface area contributed by atoms with Gasteiger partial charge in [-0.15, -0.1) is 11.3 Å². The zero-order chi connectivity index (χ0) is 13.8. The number of thiophene rings is 1. The van der Waals surface area contributed by atoms with E-state index in [1.807, 2.05) is 0 Å². The molecule has 3 aliphatic carbocycles. The molecule has 1 aromatic heterocycles. The smallest absolute Gasteiger partial charge is 0.100 e. The SMILES string of the molecule is Cc1ccc(/C(=N\O)[C@@H]2C[C@@H]3C[C@H](C2C)C3(C)C)s1. The fourth-order valence-electron chi connectivity index (χ4n) is 4.39. The summed E-state index contributed by atoms with van der Waals surface area (Å²) in [6.07, 6.45) is 2.55. The molecule has 3 saturated carbocycles. The molecule has 3 fully saturated rings. The molecule has 3 aliphatic rings. The predicted molar refractivity (Wildman–Crippen MR) is 80.0 cm³/mol. The Hall–Kier alpha value is -0.830. The van der Waals surface area contributed by atoms with E-state index in [2.05, 4.69) is 45.0 Å². The first kappa shape index (κ1) is 13.2. The van der Waals surface area contributed by atoms with E-state index in [0.717, 1.165) is 22.4 Å². The molecular formula is C16H23NOS. The number of aryl methyl sites for hydroxylation is 1. The van der Waals surface area contributed by atoms with Gasteiger partial charge in [0.25, 0.3) is 0 Å². The van der Waals surface area contributed by atoms with Gasteiger partial charge in [0, 0.05) is 10.8 Å². The minimum atomic E-state index is 0.430. The summed E-state index contributed by atoms with van der Waals surface area (Å²) in [5, 5.41) is 13.2. The zero-order valence-corrected chi connectivity index (χ0v) is 13.0. The second-order valence-electron chi connectivity index (χ2n) is 6.96. The van der Waals surface area contributed by atoms with Crippen molar-refractivity contribution in [3.63, 3.8) is 0 Å². The molecule has 1 heterocycles. The average Bonchev–Trinajstić information content (AvgIpc) is 2.78. The summed E-state index contributed by atoms with van der Waals surface area (Å²) < 4.78 is 0. The minimum absolute atomic E-state index is 0.430. The van der Waals surface area contributed by atoms with Crippen LogP contribution in [0.1, 0.15) is 43.4 Å². The van der Waals surface area contributed by atoms with Gasteiger partial charge >= 0.3 is 0 Å². The standard InChI is InChI=1S/C16H23NOS/c1-9-5-6-14(19-9)15(17-18)12-7-11-8-13(10(12)2)16(11,3)4/h5-6,10-13,18H,7-8H2,1-4H3/b17-15-/t10?,11-,12-,13-/m1/s1. The van der Waals surface area contributed by atoms with Crippen LogP contribution >= 0.6 is 11.3 Å². The van der Waals surface area contributed by atoms with Crippen molar-refractivity contribution in [3.05, 3.63) is 21.9 Å². The third-order valence-corrected chi connectivity index (χ3v) is 6.83. The van der Waals surface area contributed by atoms with Gasteiger partial charge in [-0.2, -0.15) is 0 Å². The van der Waals surface area contributed by atoms with Gasteiger partial charge in [0.1, 0.15) is 5.71 Å². The largest absolute Gasteiger partial charge is 0.411 e. The summed E-state index contributed by atoms with van der Waals surface area (Å²) in [6, 6.07) is 4.22. The van der Waals surface area contributed by atoms with E-state index < -0.39 is 0 Å². The highest BCUT2D eigenvalue weighted by Gasteiger charge is 2.57. The second kappa shape index (κ2) is 4.34. The van der Waals surface area contributed by atoms with Gasteiger partial charge in [0.15, 0.2) is 0 Å². The van der Waals surface area contributed by atoms with Gasteiger partial charge in [-0.05, 0) is 55.1 Å². The Balaban J connectivity index is 1.87. The molecule has 2 bridgehead atoms. The van der Waals surface area contributed by atoms with Crippen LogP contribution in [0.5, 0.6) is 0 Å². The Labute approximate surface area is 119 Å². The molecule has 0 amide bonds. The molecule has 104 valence electrons. The molecule has 3 heteroatoms. The quantitative estimate of drug-likeness (QED) is 0.480. The van der Waals surface area contributed by atoms with Crippen molar-refractivity contribution in [3.8, 4) is 0 Å². The van der Waals surface area contributed by atoms with E-state index in [1.54, 1.807) is 11.3 Å². The van der Waals surface area contributed by atoms with Crippen LogP contribution in [0.3, 0.4) is 0 Å². The Kier molecular flexibility index (Phi) is 3.01. The van der Waals surface area contributed by atoms with Crippen molar-refractivity contribution in [2.24, 2.45) is 34.2 Å². The number of rotatable bonds is 2. The molecule has 0 saturated heterocycles. The molecule has 2 nitrogen and oxygen atoms in total. The summed E-state index contributed by atoms with van der Waals surface area (Å²) in [4.78, 5) is 2.43. The average molecular weight is 277 g/mol. The molecule has 0 aliphatic heterocycles. The van der Waals surface area contributed by atoms with Crippen LogP contribution in [0.25, 0.3) is 0 Å². The molecule has 4 atom stereocenters. The number of hydrogen-bond donors (Lipinski definition) is 1. The summed E-state index contributed by atoms with van der Waals surface area (Å²) in [6.45, 7) is 9.26. The summed E-state index contributed by atoms with van der Waals surface area (Å²) in [5.41, 5.74) is 1.41. The van der Waals surface area contributed by atoms with Gasteiger partial charge in [0.05, 0.1) is 4.88 Å². The predicted octanol–water partition coefficient (Wildman–Crippen LogP) is 4.55. The maximum absolute atomic E-state index is 9.48. The third-order valence-electron chi connectivity index (χ3n) is 5.81. The fraction of sp³-hybridized carbons (Fsp3) is 0.688. The molecule has 19 heavy (non-hydrogen) atoms. The number of fused-ring (bicyclic) bond motifs is 2. The molecule has 1 N–H and O–H groups in total. The zero-order valence-electron chi connectivity index (χ0n) is 12.2. The van der Waals surface area contributed by atoms with Gasteiger partial charge in [-0.3, -0.25) is 0 Å². The lowest BCUT2D eigenvalue weighted by atomic mass is 9.43. The van der Waals surface area contributed by atoms with Crippen LogP contribution in [0.4, 0.5) is 0 Å². The first-order valence-corrected chi connectivity index (χ1v) is 8.05. The normalized spacial score (nSPS) is 36.9. The number of oxime groups is 1. The van der Waals surface area contributed by atoms with Crippen LogP contribution in [0.2, 0.25) is 0 Å². The third kappa shape index (κ3) is 1.85. The van der Waals surface area contributed by atoms with Gasteiger partial charge in [-0.25, -0.2) is 0 Å². The van der Waals surface area contributed by atoms with Crippen LogP contribution < -0.4 is 0 Å². The summed E-state index contributed by atoms with van der Waals surface area (Å²) in [5.74, 6) is 2.64. The molecule has 1 aromatic rings. The maximum Gasteiger partial charge on any atom is 0.100 e. The molecule has 0 radical (unpaired) electrons. The summed E-state index contributed by atoms with van der Waals surface area (Å²) >= 11 is 1.74. The van der Waals surface area contributed by atoms with E-state index in [4.69, 9.17) is 0 Å². The Morgan fingerprint density at radius 2 is 2.11 bits per heavy atom. The number of nitrogens with zero attached hydrogens (tertiary/aromatic N) is 1. The second-order valence-corrected chi connectivity index (χ2v) is 8.25. The lowest BCUT2D eigenvalue weighted by Gasteiger charge is -2.62. The highest BCUT2D eigenvalue weighted by atomic mass is 32.1. The Morgan fingerprint density at radius 3 is 2.58 bits per heavy atom. The van der Waals surface area contributed by atoms with Crippen LogP contribution in [-0.4, -0.2) is 10.9 Å². The first-order valence-electron chi connectivity index (χ1n) is 7.24. The fourth-order valence-corrected chi connectivity index (χ4v) is 5.30. The van der Waals surface area contributed by atoms with Gasteiger partial charge in [0.2, 0.25) is 0 Å². The first-order chi connectivity index (χ1) is 8.95. The molecule has 4 rings (SSSR count). The van der Waals surface area contributed by atoms with E-state index in [9.17, 15) is 5.21 Å². The Bertz CT molecular complexity index is 517. The van der Waals surface area contributed by atoms with E-state index in [0.29, 0.717) is 17.3 Å². The van der Waals surface area contributed by atoms with Gasteiger partial charge < -0.3 is 5.21 Å². The van der Waals surface area contributed by atoms with Crippen molar-refractivity contribution in [2.75, 3.05) is 0 Å². The van der Waals surface area contributed by atoms with Crippen LogP contribution in [0, 0.1) is 36.0 Å². The maximum atomic E-state index is 9.48. The van der Waals surface area contributed by atoms with Crippen molar-refractivity contribution >= 4 is 17.0 Å². The van der Waals surface area contributed by atoms with Crippen molar-refractivity contribution < 1.29 is 5.21 Å². The lowest BCUT2D eigenvalue weighted by Crippen LogP contribution is -2.56. The van der Waals surface area contributed by atoms with Crippen molar-refractivity contribution in [1.82, 2.24) is 0 Å². The van der Waals surface area contributed by atoms with Crippen LogP contribution in [-0.2, 0) is 0 Å². The topological polar surface area (TPSA) is 32.6 Å². The molecule has 0 aromatic carbocycles. The van der Waals surface area contributed by atoms with Gasteiger partial charge in [-0.1, -0.05) is 25.9 Å². The molecule has 1 unspecified atom stereocenters. The van der Waals surface area contributed by atoms with E-state index in [-0.39, 0.29) is 0 Å². The minimum Gasteiger partial charge on any atom is -0.411 e. The van der Waals surface area contributed by atoms with Crippen molar-refractivity contribution in [2.45, 2.75) is 40.5 Å². The number of hydrogen-bond acceptors (Lipinski definition) is 3. The molecular weight excluding hydrogens is 254 g/mol. The monoisotopic (exact) mass is 277 g/mol. The lowest BCUT2D eigenvalue weighted by molar-refractivity contribution is -0.114. The highest BCUT2D eigenvalue weighted by molar-refractivity contribution is 7.14. The van der Waals surface area contributed by atoms with Crippen molar-refractivity contribution in [1.29, 1.82) is 0 Å².